The van der Waals surface area contributed by atoms with Gasteiger partial charge < -0.3 is 24.2 Å². The SMILES string of the molecule is CCC(CO)N(CC(C)C(=O)OC)C(=O)/C=C/c1ccc(OC)c(OC)c1. The number of ether oxygens (including phenoxy) is 3. The molecule has 1 aromatic rings. The number of hydrogen-bond donors (Lipinski definition) is 1. The minimum Gasteiger partial charge on any atom is -0.493 e. The van der Waals surface area contributed by atoms with Crippen molar-refractivity contribution in [1.82, 2.24) is 4.90 Å². The number of aliphatic hydroxyl groups is 1. The lowest BCUT2D eigenvalue weighted by Gasteiger charge is -2.30. The molecule has 0 fully saturated rings. The molecule has 0 radical (unpaired) electrons. The Morgan fingerprint density at radius 1 is 1.19 bits per heavy atom. The predicted octanol–water partition coefficient (Wildman–Crippen LogP) is 2.13. The summed E-state index contributed by atoms with van der Waals surface area (Å²) in [6.45, 7) is 3.55. The predicted molar refractivity (Wildman–Crippen MR) is 103 cm³/mol. The van der Waals surface area contributed by atoms with Gasteiger partial charge >= 0.3 is 5.97 Å². The number of carbonyl (C=O) groups excluding carboxylic acids is 2. The van der Waals surface area contributed by atoms with Crippen molar-refractivity contribution in [2.75, 3.05) is 34.5 Å². The minimum atomic E-state index is -0.492. The molecule has 2 atom stereocenters. The van der Waals surface area contributed by atoms with E-state index in [1.807, 2.05) is 6.92 Å². The number of rotatable bonds is 10. The Morgan fingerprint density at radius 2 is 1.85 bits per heavy atom. The van der Waals surface area contributed by atoms with E-state index >= 15 is 0 Å². The maximum atomic E-state index is 12.7. The maximum absolute atomic E-state index is 12.7. The third-order valence-corrected chi connectivity index (χ3v) is 4.31. The van der Waals surface area contributed by atoms with Gasteiger partial charge in [-0.2, -0.15) is 0 Å². The highest BCUT2D eigenvalue weighted by Gasteiger charge is 2.25. The summed E-state index contributed by atoms with van der Waals surface area (Å²) < 4.78 is 15.2. The summed E-state index contributed by atoms with van der Waals surface area (Å²) in [7, 11) is 4.40. The molecule has 0 spiro atoms. The third-order valence-electron chi connectivity index (χ3n) is 4.31. The number of carbonyl (C=O) groups is 2. The highest BCUT2D eigenvalue weighted by atomic mass is 16.5. The van der Waals surface area contributed by atoms with Gasteiger partial charge in [0.1, 0.15) is 0 Å². The molecule has 0 aromatic heterocycles. The summed E-state index contributed by atoms with van der Waals surface area (Å²) in [6, 6.07) is 4.94. The molecular weight excluding hydrogens is 350 g/mol. The van der Waals surface area contributed by atoms with E-state index in [0.717, 1.165) is 5.56 Å². The van der Waals surface area contributed by atoms with Gasteiger partial charge in [0.2, 0.25) is 5.91 Å². The molecule has 1 aromatic carbocycles. The van der Waals surface area contributed by atoms with Gasteiger partial charge in [-0.25, -0.2) is 0 Å². The molecule has 0 aliphatic rings. The Bertz CT molecular complexity index is 654. The average molecular weight is 379 g/mol. The molecule has 1 N–H and O–H groups in total. The Hall–Kier alpha value is -2.54. The number of hydrogen-bond acceptors (Lipinski definition) is 6. The average Bonchev–Trinajstić information content (AvgIpc) is 2.70. The van der Waals surface area contributed by atoms with E-state index in [1.165, 1.54) is 18.1 Å². The lowest BCUT2D eigenvalue weighted by Crippen LogP contribution is -2.45. The van der Waals surface area contributed by atoms with Gasteiger partial charge in [0.05, 0.1) is 39.9 Å². The van der Waals surface area contributed by atoms with Crippen LogP contribution in [0.4, 0.5) is 0 Å². The van der Waals surface area contributed by atoms with Gasteiger partial charge in [0, 0.05) is 12.6 Å². The highest BCUT2D eigenvalue weighted by Crippen LogP contribution is 2.28. The molecule has 0 aliphatic heterocycles. The van der Waals surface area contributed by atoms with Crippen molar-refractivity contribution in [2.24, 2.45) is 5.92 Å². The smallest absolute Gasteiger partial charge is 0.310 e. The summed E-state index contributed by atoms with van der Waals surface area (Å²) in [6.07, 6.45) is 3.65. The van der Waals surface area contributed by atoms with Gasteiger partial charge in [0.25, 0.3) is 0 Å². The van der Waals surface area contributed by atoms with E-state index in [0.29, 0.717) is 17.9 Å². The minimum absolute atomic E-state index is 0.168. The number of aliphatic hydroxyl groups excluding tert-OH is 1. The van der Waals surface area contributed by atoms with Crippen LogP contribution in [0.2, 0.25) is 0 Å². The molecule has 1 rings (SSSR count). The van der Waals surface area contributed by atoms with E-state index in [1.54, 1.807) is 45.4 Å². The lowest BCUT2D eigenvalue weighted by molar-refractivity contribution is -0.146. The second kappa shape index (κ2) is 11.2. The van der Waals surface area contributed by atoms with Crippen molar-refractivity contribution in [3.05, 3.63) is 29.8 Å². The van der Waals surface area contributed by atoms with Gasteiger partial charge in [-0.15, -0.1) is 0 Å². The Balaban J connectivity index is 3.01. The van der Waals surface area contributed by atoms with E-state index < -0.39 is 11.9 Å². The van der Waals surface area contributed by atoms with Crippen molar-refractivity contribution in [1.29, 1.82) is 0 Å². The van der Waals surface area contributed by atoms with Gasteiger partial charge in [0.15, 0.2) is 11.5 Å². The van der Waals surface area contributed by atoms with Crippen LogP contribution >= 0.6 is 0 Å². The number of esters is 1. The van der Waals surface area contributed by atoms with Crippen molar-refractivity contribution in [3.63, 3.8) is 0 Å². The van der Waals surface area contributed by atoms with Crippen LogP contribution in [-0.2, 0) is 14.3 Å². The van der Waals surface area contributed by atoms with E-state index in [2.05, 4.69) is 0 Å². The maximum Gasteiger partial charge on any atom is 0.310 e. The Kier molecular flexibility index (Phi) is 9.36. The van der Waals surface area contributed by atoms with E-state index in [4.69, 9.17) is 14.2 Å². The first-order valence-corrected chi connectivity index (χ1v) is 8.81. The van der Waals surface area contributed by atoms with Crippen LogP contribution in [0.3, 0.4) is 0 Å². The fourth-order valence-corrected chi connectivity index (χ4v) is 2.66. The molecule has 150 valence electrons. The molecule has 7 heteroatoms. The zero-order valence-corrected chi connectivity index (χ0v) is 16.6. The van der Waals surface area contributed by atoms with Crippen molar-refractivity contribution < 1.29 is 28.9 Å². The lowest BCUT2D eigenvalue weighted by atomic mass is 10.1. The second-order valence-corrected chi connectivity index (χ2v) is 6.11. The van der Waals surface area contributed by atoms with Crippen LogP contribution in [0.15, 0.2) is 24.3 Å². The largest absolute Gasteiger partial charge is 0.493 e. The van der Waals surface area contributed by atoms with E-state index in [-0.39, 0.29) is 25.1 Å². The molecule has 0 bridgehead atoms. The standard InChI is InChI=1S/C20H29NO6/c1-6-16(13-22)21(12-14(2)20(24)27-5)19(23)10-8-15-7-9-17(25-3)18(11-15)26-4/h7-11,14,16,22H,6,12-13H2,1-5H3/b10-8+. The zero-order valence-electron chi connectivity index (χ0n) is 16.6. The summed E-state index contributed by atoms with van der Waals surface area (Å²) in [4.78, 5) is 25.9. The van der Waals surface area contributed by atoms with Crippen LogP contribution < -0.4 is 9.47 Å². The molecule has 27 heavy (non-hydrogen) atoms. The summed E-state index contributed by atoms with van der Waals surface area (Å²) in [5.74, 6) is -0.0224. The first-order valence-electron chi connectivity index (χ1n) is 8.81. The van der Waals surface area contributed by atoms with Gasteiger partial charge in [-0.05, 0) is 30.2 Å². The summed E-state index contributed by atoms with van der Waals surface area (Å²) in [5.41, 5.74) is 0.763. The molecule has 0 heterocycles. The fourth-order valence-electron chi connectivity index (χ4n) is 2.66. The molecule has 0 saturated heterocycles. The fraction of sp³-hybridized carbons (Fsp3) is 0.500. The van der Waals surface area contributed by atoms with E-state index in [9.17, 15) is 14.7 Å². The second-order valence-electron chi connectivity index (χ2n) is 6.11. The zero-order chi connectivity index (χ0) is 20.4. The van der Waals surface area contributed by atoms with Gasteiger partial charge in [-0.1, -0.05) is 19.9 Å². The Labute approximate surface area is 160 Å². The van der Waals surface area contributed by atoms with Crippen LogP contribution in [-0.4, -0.2) is 62.4 Å². The number of benzene rings is 1. The van der Waals surface area contributed by atoms with Crippen molar-refractivity contribution in [3.8, 4) is 11.5 Å². The quantitative estimate of drug-likeness (QED) is 0.495. The number of amides is 1. The first kappa shape index (κ1) is 22.5. The van der Waals surface area contributed by atoms with Crippen LogP contribution in [0.1, 0.15) is 25.8 Å². The molecule has 0 aliphatic carbocycles. The highest BCUT2D eigenvalue weighted by molar-refractivity contribution is 5.92. The molecule has 1 amide bonds. The first-order chi connectivity index (χ1) is 12.9. The number of methoxy groups -OCH3 is 3. The van der Waals surface area contributed by atoms with Crippen LogP contribution in [0.25, 0.3) is 6.08 Å². The normalized spacial score (nSPS) is 13.1. The topological polar surface area (TPSA) is 85.3 Å². The third kappa shape index (κ3) is 6.29. The van der Waals surface area contributed by atoms with Crippen molar-refractivity contribution in [2.45, 2.75) is 26.3 Å². The molecule has 0 saturated carbocycles. The molecular formula is C20H29NO6. The Morgan fingerprint density at radius 3 is 2.37 bits per heavy atom. The number of nitrogens with zero attached hydrogens (tertiary/aromatic N) is 1. The summed E-state index contributed by atoms with van der Waals surface area (Å²) >= 11 is 0. The van der Waals surface area contributed by atoms with Crippen LogP contribution in [0.5, 0.6) is 11.5 Å². The molecule has 7 nitrogen and oxygen atoms in total. The molecule has 2 unspecified atom stereocenters. The monoisotopic (exact) mass is 379 g/mol. The van der Waals surface area contributed by atoms with Gasteiger partial charge in [-0.3, -0.25) is 9.59 Å². The van der Waals surface area contributed by atoms with Crippen LogP contribution in [0, 0.1) is 5.92 Å². The van der Waals surface area contributed by atoms with Crippen molar-refractivity contribution >= 4 is 18.0 Å². The summed E-state index contributed by atoms with van der Waals surface area (Å²) in [5, 5.41) is 9.60.